The molecule has 0 saturated heterocycles. The van der Waals surface area contributed by atoms with Crippen LogP contribution in [0.2, 0.25) is 0 Å². The van der Waals surface area contributed by atoms with Gasteiger partial charge in [0.1, 0.15) is 5.82 Å². The van der Waals surface area contributed by atoms with Crippen LogP contribution < -0.4 is 10.6 Å². The average molecular weight is 306 g/mol. The second-order valence-corrected chi connectivity index (χ2v) is 5.15. The van der Waals surface area contributed by atoms with Crippen molar-refractivity contribution >= 4 is 27.4 Å². The molecule has 0 unspecified atom stereocenters. The second-order valence-electron chi connectivity index (χ2n) is 4.29. The Balaban J connectivity index is 2.19. The number of aryl methyl sites for hydroxylation is 1. The highest BCUT2D eigenvalue weighted by molar-refractivity contribution is 9.10. The number of anilines is 2. The zero-order chi connectivity index (χ0) is 13.1. The number of nitrogen functional groups attached to an aromatic ring is 1. The van der Waals surface area contributed by atoms with E-state index in [0.717, 1.165) is 28.2 Å². The maximum atomic E-state index is 5.78. The first-order valence-electron chi connectivity index (χ1n) is 5.75. The molecule has 94 valence electrons. The zero-order valence-electron chi connectivity index (χ0n) is 10.5. The highest BCUT2D eigenvalue weighted by atomic mass is 79.9. The predicted molar refractivity (Wildman–Crippen MR) is 79.6 cm³/mol. The molecule has 2 aromatic rings. The predicted octanol–water partition coefficient (Wildman–Crippen LogP) is 3.37. The topological polar surface area (TPSA) is 42.2 Å². The maximum absolute atomic E-state index is 5.78. The van der Waals surface area contributed by atoms with E-state index in [0.29, 0.717) is 0 Å². The molecule has 2 N–H and O–H groups in total. The van der Waals surface area contributed by atoms with Crippen LogP contribution in [0.1, 0.15) is 11.3 Å². The Morgan fingerprint density at radius 1 is 1.22 bits per heavy atom. The van der Waals surface area contributed by atoms with Gasteiger partial charge in [-0.3, -0.25) is 0 Å². The summed E-state index contributed by atoms with van der Waals surface area (Å²) in [6, 6.07) is 12.0. The van der Waals surface area contributed by atoms with Gasteiger partial charge < -0.3 is 10.6 Å². The van der Waals surface area contributed by atoms with Crippen LogP contribution in [0.4, 0.5) is 11.5 Å². The number of nitrogens with zero attached hydrogens (tertiary/aromatic N) is 2. The standard InChI is InChI=1S/C14H16BrN3/c1-10-13(16)7-8-14(17-10)18(2)9-11-5-3-4-6-12(11)15/h3-8H,9,16H2,1-2H3. The van der Waals surface area contributed by atoms with Crippen LogP contribution in [-0.2, 0) is 6.54 Å². The molecule has 0 amide bonds. The number of benzene rings is 1. The molecule has 1 heterocycles. The van der Waals surface area contributed by atoms with Gasteiger partial charge in [-0.05, 0) is 30.7 Å². The van der Waals surface area contributed by atoms with E-state index in [1.165, 1.54) is 5.56 Å². The molecule has 0 saturated carbocycles. The van der Waals surface area contributed by atoms with Crippen molar-refractivity contribution in [1.82, 2.24) is 4.98 Å². The molecule has 0 radical (unpaired) electrons. The van der Waals surface area contributed by atoms with Gasteiger partial charge in [0.2, 0.25) is 0 Å². The van der Waals surface area contributed by atoms with Gasteiger partial charge in [-0.15, -0.1) is 0 Å². The Bertz CT molecular complexity index is 554. The van der Waals surface area contributed by atoms with E-state index in [4.69, 9.17) is 5.73 Å². The van der Waals surface area contributed by atoms with E-state index < -0.39 is 0 Å². The molecule has 0 aliphatic carbocycles. The number of halogens is 1. The summed E-state index contributed by atoms with van der Waals surface area (Å²) in [6.45, 7) is 2.73. The first-order chi connectivity index (χ1) is 8.58. The van der Waals surface area contributed by atoms with Crippen molar-refractivity contribution in [2.24, 2.45) is 0 Å². The largest absolute Gasteiger partial charge is 0.397 e. The van der Waals surface area contributed by atoms with Gasteiger partial charge in [-0.1, -0.05) is 34.1 Å². The summed E-state index contributed by atoms with van der Waals surface area (Å²) < 4.78 is 1.11. The average Bonchev–Trinajstić information content (AvgIpc) is 2.35. The molecule has 1 aromatic carbocycles. The highest BCUT2D eigenvalue weighted by Gasteiger charge is 2.07. The van der Waals surface area contributed by atoms with Crippen LogP contribution in [0.15, 0.2) is 40.9 Å². The summed E-state index contributed by atoms with van der Waals surface area (Å²) in [6.07, 6.45) is 0. The van der Waals surface area contributed by atoms with Crippen molar-refractivity contribution in [2.45, 2.75) is 13.5 Å². The molecule has 0 aliphatic heterocycles. The van der Waals surface area contributed by atoms with Crippen molar-refractivity contribution in [3.63, 3.8) is 0 Å². The molecule has 0 spiro atoms. The smallest absolute Gasteiger partial charge is 0.128 e. The summed E-state index contributed by atoms with van der Waals surface area (Å²) in [7, 11) is 2.03. The fraction of sp³-hybridized carbons (Fsp3) is 0.214. The van der Waals surface area contributed by atoms with Crippen molar-refractivity contribution in [3.05, 3.63) is 52.1 Å². The highest BCUT2D eigenvalue weighted by Crippen LogP contribution is 2.21. The third kappa shape index (κ3) is 2.82. The molecule has 0 fully saturated rings. The summed E-state index contributed by atoms with van der Waals surface area (Å²) >= 11 is 3.56. The normalized spacial score (nSPS) is 10.4. The minimum absolute atomic E-state index is 0.730. The van der Waals surface area contributed by atoms with Crippen LogP contribution >= 0.6 is 15.9 Å². The summed E-state index contributed by atoms with van der Waals surface area (Å²) in [5.74, 6) is 0.928. The van der Waals surface area contributed by atoms with Crippen LogP contribution in [0.3, 0.4) is 0 Å². The van der Waals surface area contributed by atoms with Crippen LogP contribution in [-0.4, -0.2) is 12.0 Å². The molecule has 3 nitrogen and oxygen atoms in total. The number of hydrogen-bond donors (Lipinski definition) is 1. The van der Waals surface area contributed by atoms with Gasteiger partial charge >= 0.3 is 0 Å². The van der Waals surface area contributed by atoms with Crippen molar-refractivity contribution in [2.75, 3.05) is 17.7 Å². The Morgan fingerprint density at radius 3 is 2.61 bits per heavy atom. The van der Waals surface area contributed by atoms with Gasteiger partial charge in [0.25, 0.3) is 0 Å². The van der Waals surface area contributed by atoms with E-state index in [2.05, 4.69) is 31.9 Å². The van der Waals surface area contributed by atoms with Crippen LogP contribution in [0.5, 0.6) is 0 Å². The van der Waals surface area contributed by atoms with E-state index >= 15 is 0 Å². The van der Waals surface area contributed by atoms with E-state index in [1.54, 1.807) is 0 Å². The van der Waals surface area contributed by atoms with Gasteiger partial charge in [-0.25, -0.2) is 4.98 Å². The van der Waals surface area contributed by atoms with Crippen molar-refractivity contribution < 1.29 is 0 Å². The fourth-order valence-electron chi connectivity index (χ4n) is 1.73. The molecule has 0 aliphatic rings. The number of nitrogens with two attached hydrogens (primary N) is 1. The SMILES string of the molecule is Cc1nc(N(C)Cc2ccccc2Br)ccc1N. The molecular formula is C14H16BrN3. The first kappa shape index (κ1) is 12.9. The third-order valence-electron chi connectivity index (χ3n) is 2.87. The molecule has 2 rings (SSSR count). The Kier molecular flexibility index (Phi) is 3.87. The van der Waals surface area contributed by atoms with E-state index in [-0.39, 0.29) is 0 Å². The Hall–Kier alpha value is -1.55. The lowest BCUT2D eigenvalue weighted by molar-refractivity contribution is 0.889. The molecule has 4 heteroatoms. The second kappa shape index (κ2) is 5.40. The lowest BCUT2D eigenvalue weighted by Crippen LogP contribution is -2.18. The monoisotopic (exact) mass is 305 g/mol. The first-order valence-corrected chi connectivity index (χ1v) is 6.55. The summed E-state index contributed by atoms with van der Waals surface area (Å²) in [5.41, 5.74) is 8.61. The summed E-state index contributed by atoms with van der Waals surface area (Å²) in [5, 5.41) is 0. The summed E-state index contributed by atoms with van der Waals surface area (Å²) in [4.78, 5) is 6.59. The lowest BCUT2D eigenvalue weighted by atomic mass is 10.2. The Labute approximate surface area is 116 Å². The van der Waals surface area contributed by atoms with Gasteiger partial charge in [0.05, 0.1) is 11.4 Å². The van der Waals surface area contributed by atoms with Gasteiger partial charge in [0, 0.05) is 18.1 Å². The number of rotatable bonds is 3. The third-order valence-corrected chi connectivity index (χ3v) is 3.64. The van der Waals surface area contributed by atoms with Crippen LogP contribution in [0.25, 0.3) is 0 Å². The fourth-order valence-corrected chi connectivity index (χ4v) is 2.14. The number of aromatic nitrogens is 1. The molecule has 1 aromatic heterocycles. The molecule has 0 bridgehead atoms. The zero-order valence-corrected chi connectivity index (χ0v) is 12.1. The van der Waals surface area contributed by atoms with Crippen LogP contribution in [0, 0.1) is 6.92 Å². The number of hydrogen-bond acceptors (Lipinski definition) is 3. The number of pyridine rings is 1. The van der Waals surface area contributed by atoms with Crippen molar-refractivity contribution in [1.29, 1.82) is 0 Å². The molecular weight excluding hydrogens is 290 g/mol. The van der Waals surface area contributed by atoms with E-state index in [1.807, 2.05) is 44.3 Å². The molecule has 0 atom stereocenters. The van der Waals surface area contributed by atoms with E-state index in [9.17, 15) is 0 Å². The maximum Gasteiger partial charge on any atom is 0.128 e. The quantitative estimate of drug-likeness (QED) is 0.945. The Morgan fingerprint density at radius 2 is 1.94 bits per heavy atom. The van der Waals surface area contributed by atoms with Crippen molar-refractivity contribution in [3.8, 4) is 0 Å². The van der Waals surface area contributed by atoms with Gasteiger partial charge in [0.15, 0.2) is 0 Å². The van der Waals surface area contributed by atoms with Gasteiger partial charge in [-0.2, -0.15) is 0 Å². The minimum Gasteiger partial charge on any atom is -0.397 e. The minimum atomic E-state index is 0.730. The lowest BCUT2D eigenvalue weighted by Gasteiger charge is -2.19. The molecule has 18 heavy (non-hydrogen) atoms.